The Labute approximate surface area is 857 Å². The molecule has 2 heterocycles. The van der Waals surface area contributed by atoms with Crippen LogP contribution in [-0.2, 0) is 99.1 Å². The highest BCUT2D eigenvalue weighted by Crippen LogP contribution is 2.25. The monoisotopic (exact) mass is 2070 g/mol. The fourth-order valence-corrected chi connectivity index (χ4v) is 16.2. The van der Waals surface area contributed by atoms with Crippen LogP contribution in [0.5, 0.6) is 0 Å². The predicted molar refractivity (Wildman–Crippen MR) is 550 cm³/mol. The molecule has 0 bridgehead atoms. The molecule has 4 rings (SSSR count). The number of aliphatic carboxylic acids is 1. The minimum absolute atomic E-state index is 0.00119. The SMILES string of the molecule is CC[C@H](C)[C@H](NC(=O)[C@H](CCC(N)=O)NC(=O)[C@@H](NC(=O)[C@H](CCCCN)NC(=O)[C@@H](NC(=O)[C@H](Cc1c[nH]c2ccccc12)NC(=O)[C@H](CCC(=O)O)NC(=O)[C@@H](NC(=O)[C@H](CCCNC(=N)N)NC(=O)[C@@H](N)CO)[C@@H](C)CC)[C@@H](C)CC)[C@@H](C)CC)C(=O)N[C@@H](Cc1c[nH]c2ccccc12)C(=O)N[C@@H](CO)C(=O)N[C@@H](CCCCN)C(=O)N[C@@H](CC(C)C)C(=O)N[C@@H](CCCNC(=N)N)C(=O)N[C@@H](CC(C)C)C(N)=O. The number of fused-ring (bicyclic) bond motifs is 2. The standard InChI is InChI=1S/C98H162N28O21/c1-13-53(9)77(123-86(137)65(32-22-24-40-100)115-93(144)79(55(11)15-3)126-91(142)73(46-58-48-111-63-30-20-18-28-60(58)63)120-85(136)69(36-38-76(130)131)117-95(146)78(54(10)14-2)124-87(138)67(34-26-42-109-98(106)107)112-82(133)61(101)49-127)94(145)116-68(35-37-75(102)129)88(139)125-80(56(12)16-4)96(147)121-72(45-57-47-110-62-29-19-17-27-59(57)62)90(141)122-74(50-128)92(143)114-64(31-21-23-39-99)84(135)119-71(44-52(7)8)89(140)113-66(33-25-41-108-97(104)105)83(134)118-70(81(103)132)43-51(5)6/h17-20,27-30,47-48,51-56,61,64-74,77-80,110-111,127-128H,13-16,21-26,31-46,49-50,99-101H2,1-12H3,(H2,102,129)(H2,103,132)(H,112,133)(H,113,140)(H,114,143)(H,115,144)(H,116,145)(H,117,146)(H,118,134)(H,119,135)(H,120,136)(H,121,147)(H,122,141)(H,123,137)(H,124,138)(H,125,139)(H,126,142)(H,130,131)(H4,104,105,108)(H4,106,107,109)/t53-,54-,55-,56-,61-,64-,65-,66-,67-,68-,69-,70-,71-,72-,73-,74-,77-,78-,79-,80-/m0/s1. The summed E-state index contributed by atoms with van der Waals surface area (Å²) in [6.45, 7) is 19.1. The third-order valence-corrected chi connectivity index (χ3v) is 25.7. The van der Waals surface area contributed by atoms with E-state index in [0.29, 0.717) is 45.8 Å². The predicted octanol–water partition coefficient (Wildman–Crippen LogP) is -3.30. The van der Waals surface area contributed by atoms with Crippen LogP contribution in [0.15, 0.2) is 60.9 Å². The fraction of sp³-hybridized carbons (Fsp3) is 0.633. The molecule has 2 aromatic heterocycles. The van der Waals surface area contributed by atoms with Crippen LogP contribution in [0, 0.1) is 46.3 Å². The number of aromatic amines is 2. The molecule has 0 saturated heterocycles. The van der Waals surface area contributed by atoms with E-state index >= 15 is 33.6 Å². The minimum Gasteiger partial charge on any atom is -0.481 e. The Morgan fingerprint density at radius 2 is 0.612 bits per heavy atom. The lowest BCUT2D eigenvalue weighted by atomic mass is 9.95. The Balaban J connectivity index is 1.71. The highest BCUT2D eigenvalue weighted by Gasteiger charge is 2.42. The van der Waals surface area contributed by atoms with Crippen molar-refractivity contribution in [2.75, 3.05) is 39.4 Å². The summed E-state index contributed by atoms with van der Waals surface area (Å²) in [5.74, 6) is -21.5. The summed E-state index contributed by atoms with van der Waals surface area (Å²) in [5, 5.41) is 92.0. The van der Waals surface area contributed by atoms with E-state index in [2.05, 4.69) is 100 Å². The van der Waals surface area contributed by atoms with Crippen LogP contribution in [0.3, 0.4) is 0 Å². The third-order valence-electron chi connectivity index (χ3n) is 25.7. The van der Waals surface area contributed by atoms with E-state index < -0.39 is 266 Å². The molecule has 20 atom stereocenters. The number of nitrogens with one attached hydrogen (secondary N) is 21. The molecule has 0 fully saturated rings. The molecular weight excluding hydrogens is 1910 g/mol. The van der Waals surface area contributed by atoms with Gasteiger partial charge in [0.15, 0.2) is 11.9 Å². The van der Waals surface area contributed by atoms with Crippen molar-refractivity contribution in [1.82, 2.24) is 100 Å². The lowest BCUT2D eigenvalue weighted by Gasteiger charge is -2.31. The first-order valence-electron chi connectivity index (χ1n) is 50.6. The van der Waals surface area contributed by atoms with E-state index in [-0.39, 0.29) is 153 Å². The Morgan fingerprint density at radius 3 is 0.946 bits per heavy atom. The smallest absolute Gasteiger partial charge is 0.303 e. The Bertz CT molecular complexity index is 5030. The lowest BCUT2D eigenvalue weighted by molar-refractivity contribution is -0.139. The first-order chi connectivity index (χ1) is 69.6. The van der Waals surface area contributed by atoms with Gasteiger partial charge in [0.1, 0.15) is 96.7 Å². The van der Waals surface area contributed by atoms with Gasteiger partial charge < -0.3 is 156 Å². The molecule has 49 heteroatoms. The Kier molecular flexibility index (Phi) is 55.6. The van der Waals surface area contributed by atoms with Gasteiger partial charge in [0, 0.05) is 73.0 Å². The number of unbranched alkanes of at least 4 members (excludes halogenated alkanes) is 2. The molecule has 0 spiro atoms. The Hall–Kier alpha value is -13.7. The number of carbonyl (C=O) groups excluding carboxylic acids is 17. The number of carboxylic acid groups (broad SMARTS) is 1. The summed E-state index contributed by atoms with van der Waals surface area (Å²) in [7, 11) is 0. The maximum absolute atomic E-state index is 15.3. The van der Waals surface area contributed by atoms with Gasteiger partial charge >= 0.3 is 5.97 Å². The number of hydrogen-bond acceptors (Lipinski definition) is 25. The van der Waals surface area contributed by atoms with Crippen LogP contribution >= 0.6 is 0 Å². The first-order valence-corrected chi connectivity index (χ1v) is 50.6. The van der Waals surface area contributed by atoms with Crippen molar-refractivity contribution in [3.8, 4) is 0 Å². The maximum atomic E-state index is 15.3. The van der Waals surface area contributed by atoms with Crippen LogP contribution in [-0.4, -0.2) is 280 Å². The van der Waals surface area contributed by atoms with Crippen LogP contribution in [0.2, 0.25) is 0 Å². The molecule has 49 nitrogen and oxygen atoms in total. The van der Waals surface area contributed by atoms with Gasteiger partial charge in [-0.3, -0.25) is 97.1 Å². The number of para-hydroxylation sites is 2. The number of aliphatic hydroxyl groups excluding tert-OH is 2. The number of hydrogen-bond donors (Lipinski definition) is 31. The van der Waals surface area contributed by atoms with Crippen LogP contribution < -0.4 is 131 Å². The zero-order valence-electron chi connectivity index (χ0n) is 86.5. The number of guanidine groups is 2. The summed E-state index contributed by atoms with van der Waals surface area (Å²) >= 11 is 0. The number of amides is 17. The van der Waals surface area contributed by atoms with Gasteiger partial charge in [-0.15, -0.1) is 0 Å². The van der Waals surface area contributed by atoms with Gasteiger partial charge in [-0.2, -0.15) is 0 Å². The molecule has 2 aromatic carbocycles. The average molecular weight is 2070 g/mol. The number of carbonyl (C=O) groups is 18. The van der Waals surface area contributed by atoms with Crippen molar-refractivity contribution in [3.63, 3.8) is 0 Å². The molecule has 17 amide bonds. The molecular formula is C98H162N28O21. The van der Waals surface area contributed by atoms with Crippen molar-refractivity contribution in [1.29, 1.82) is 10.8 Å². The number of carboxylic acids is 1. The molecule has 38 N–H and O–H groups in total. The second-order valence-electron chi connectivity index (χ2n) is 38.4. The van der Waals surface area contributed by atoms with Gasteiger partial charge in [0.2, 0.25) is 100 Å². The molecule has 0 aliphatic heterocycles. The quantitative estimate of drug-likeness (QED) is 0.0117. The van der Waals surface area contributed by atoms with E-state index in [1.165, 1.54) is 0 Å². The summed E-state index contributed by atoms with van der Waals surface area (Å²) in [6, 6.07) is -10.2. The summed E-state index contributed by atoms with van der Waals surface area (Å²) in [6.07, 6.45) is 2.41. The summed E-state index contributed by atoms with van der Waals surface area (Å²) < 4.78 is 0. The van der Waals surface area contributed by atoms with Crippen LogP contribution in [0.4, 0.5) is 0 Å². The van der Waals surface area contributed by atoms with Crippen molar-refractivity contribution in [3.05, 3.63) is 72.1 Å². The molecule has 0 radical (unpaired) electrons. The summed E-state index contributed by atoms with van der Waals surface area (Å²) in [4.78, 5) is 264. The number of rotatable bonds is 71. The van der Waals surface area contributed by atoms with Gasteiger partial charge in [0.05, 0.1) is 13.2 Å². The third kappa shape index (κ3) is 43.1. The Morgan fingerprint density at radius 1 is 0.333 bits per heavy atom. The van der Waals surface area contributed by atoms with Crippen molar-refractivity contribution in [2.45, 2.75) is 321 Å². The van der Waals surface area contributed by atoms with Crippen LogP contribution in [0.1, 0.15) is 223 Å². The molecule has 0 saturated carbocycles. The first kappa shape index (κ1) is 126. The zero-order chi connectivity index (χ0) is 110. The number of H-pyrrole nitrogens is 2. The molecule has 0 aliphatic carbocycles. The number of aromatic nitrogens is 2. The normalized spacial score (nSPS) is 15.4. The van der Waals surface area contributed by atoms with Crippen molar-refractivity contribution in [2.24, 2.45) is 75.6 Å². The van der Waals surface area contributed by atoms with E-state index in [4.69, 9.17) is 51.0 Å². The number of benzene rings is 2. The minimum atomic E-state index is -1.85. The highest BCUT2D eigenvalue weighted by atomic mass is 16.4. The van der Waals surface area contributed by atoms with E-state index in [1.807, 2.05) is 13.8 Å². The average Bonchev–Trinajstić information content (AvgIpc) is 1.72. The molecule has 0 unspecified atom stereocenters. The number of aliphatic hydroxyl groups is 2. The molecule has 0 aliphatic rings. The number of nitrogens with two attached hydrogens (primary N) is 7. The molecule has 820 valence electrons. The lowest BCUT2D eigenvalue weighted by Crippen LogP contribution is -2.63. The van der Waals surface area contributed by atoms with E-state index in [1.54, 1.807) is 130 Å². The van der Waals surface area contributed by atoms with E-state index in [9.17, 15) is 68.1 Å². The molecule has 4 aromatic rings. The van der Waals surface area contributed by atoms with Gasteiger partial charge in [-0.05, 0) is 162 Å². The molecule has 147 heavy (non-hydrogen) atoms. The second-order valence-corrected chi connectivity index (χ2v) is 38.4. The topological polar surface area (TPSA) is 834 Å². The zero-order valence-corrected chi connectivity index (χ0v) is 86.5. The fourth-order valence-electron chi connectivity index (χ4n) is 16.2. The maximum Gasteiger partial charge on any atom is 0.303 e. The largest absolute Gasteiger partial charge is 0.481 e. The number of primary amides is 2. The van der Waals surface area contributed by atoms with Gasteiger partial charge in [-0.25, -0.2) is 0 Å². The highest BCUT2D eigenvalue weighted by molar-refractivity contribution is 6.02. The van der Waals surface area contributed by atoms with Gasteiger partial charge in [-0.1, -0.05) is 145 Å². The van der Waals surface area contributed by atoms with Crippen molar-refractivity contribution < 1.29 is 102 Å². The van der Waals surface area contributed by atoms with Crippen molar-refractivity contribution >= 4 is 140 Å². The van der Waals surface area contributed by atoms with E-state index in [0.717, 1.165) is 0 Å². The van der Waals surface area contributed by atoms with Gasteiger partial charge in [0.25, 0.3) is 0 Å². The second kappa shape index (κ2) is 65.0. The van der Waals surface area contributed by atoms with Crippen LogP contribution in [0.25, 0.3) is 21.8 Å². The summed E-state index contributed by atoms with van der Waals surface area (Å²) in [5.41, 5.74) is 42.1.